The second-order valence-corrected chi connectivity index (χ2v) is 15.8. The molecule has 0 spiro atoms. The van der Waals surface area contributed by atoms with Crippen LogP contribution in [0.4, 0.5) is 0 Å². The van der Waals surface area contributed by atoms with Crippen molar-refractivity contribution in [2.75, 3.05) is 0 Å². The van der Waals surface area contributed by atoms with Gasteiger partial charge in [-0.05, 0) is 40.5 Å². The molecule has 0 saturated carbocycles. The van der Waals surface area contributed by atoms with Crippen LogP contribution < -0.4 is 0 Å². The Kier molecular flexibility index (Phi) is 16.0. The van der Waals surface area contributed by atoms with Crippen LogP contribution in [0.25, 0.3) is 0 Å². The summed E-state index contributed by atoms with van der Waals surface area (Å²) < 4.78 is 0. The minimum absolute atomic E-state index is 0. The van der Waals surface area contributed by atoms with Crippen molar-refractivity contribution in [2.45, 2.75) is 90.3 Å². The molecule has 2 aromatic rings. The van der Waals surface area contributed by atoms with Crippen LogP contribution in [0, 0.1) is 11.5 Å². The van der Waals surface area contributed by atoms with E-state index in [4.69, 9.17) is 5.41 Å². The topological polar surface area (TPSA) is 23.9 Å². The van der Waals surface area contributed by atoms with Crippen molar-refractivity contribution in [3.05, 3.63) is 71.3 Å². The summed E-state index contributed by atoms with van der Waals surface area (Å²) in [5.41, 5.74) is 7.03. The van der Waals surface area contributed by atoms with E-state index in [1.54, 1.807) is 0 Å². The zero-order chi connectivity index (χ0) is 22.7. The Hall–Kier alpha value is -0.407. The van der Waals surface area contributed by atoms with E-state index >= 15 is 0 Å². The molecule has 0 atom stereocenters. The first-order chi connectivity index (χ1) is 14.1. The first-order valence-electron chi connectivity index (χ1n) is 11.2. The molecule has 0 saturated heterocycles. The molecule has 1 radical (unpaired) electrons. The number of hydrogen-bond acceptors (Lipinski definition) is 1. The van der Waals surface area contributed by atoms with Gasteiger partial charge >= 0.3 is 0 Å². The average Bonchev–Trinajstić information content (AvgIpc) is 2.70. The van der Waals surface area contributed by atoms with Gasteiger partial charge in [0.25, 0.3) is 0 Å². The molecule has 0 aliphatic rings. The second kappa shape index (κ2) is 16.2. The van der Waals surface area contributed by atoms with Crippen LogP contribution in [0.5, 0.6) is 0 Å². The van der Waals surface area contributed by atoms with Crippen molar-refractivity contribution in [1.29, 1.82) is 5.41 Å². The summed E-state index contributed by atoms with van der Waals surface area (Å²) in [6.07, 6.45) is 3.81. The molecule has 0 aliphatic heterocycles. The molecule has 1 nitrogen and oxygen atoms in total. The van der Waals surface area contributed by atoms with Crippen molar-refractivity contribution in [2.24, 2.45) is 0 Å². The average molecular weight is 545 g/mol. The molecule has 2 aromatic carbocycles. The largest absolute Gasteiger partial charge is 0.308 e. The van der Waals surface area contributed by atoms with Crippen molar-refractivity contribution in [3.63, 3.8) is 0 Å². The Balaban J connectivity index is 0.000000838. The third-order valence-corrected chi connectivity index (χ3v) is 12.0. The fourth-order valence-electron chi connectivity index (χ4n) is 3.62. The zero-order valence-electron chi connectivity index (χ0n) is 20.6. The van der Waals surface area contributed by atoms with Crippen molar-refractivity contribution < 1.29 is 19.5 Å². The Morgan fingerprint density at radius 3 is 1.35 bits per heavy atom. The quantitative estimate of drug-likeness (QED) is 0.141. The maximum atomic E-state index is 6.82. The van der Waals surface area contributed by atoms with E-state index in [1.165, 1.54) is 29.7 Å². The molecule has 0 fully saturated rings. The molecule has 0 aliphatic carbocycles. The van der Waals surface area contributed by atoms with Gasteiger partial charge in [0.1, 0.15) is 0 Å². The zero-order valence-corrected chi connectivity index (χ0v) is 24.1. The fourth-order valence-corrected chi connectivity index (χ4v) is 8.62. The predicted octanol–water partition coefficient (Wildman–Crippen LogP) is 8.77. The Morgan fingerprint density at radius 2 is 1.06 bits per heavy atom. The maximum Gasteiger partial charge on any atom is 0.0250 e. The van der Waals surface area contributed by atoms with Crippen molar-refractivity contribution in [1.82, 2.24) is 0 Å². The first kappa shape index (κ1) is 30.6. The van der Waals surface area contributed by atoms with Crippen LogP contribution in [0.1, 0.15) is 72.1 Å². The van der Waals surface area contributed by atoms with Gasteiger partial charge in [-0.3, -0.25) is 0 Å². The molecule has 0 aromatic heterocycles. The molecule has 4 heteroatoms. The number of benzene rings is 2. The van der Waals surface area contributed by atoms with Crippen LogP contribution >= 0.6 is 15.8 Å². The van der Waals surface area contributed by atoms with E-state index < -0.39 is 0 Å². The van der Waals surface area contributed by atoms with E-state index in [-0.39, 0.29) is 35.3 Å². The van der Waals surface area contributed by atoms with Crippen molar-refractivity contribution in [3.8, 4) is 0 Å². The normalized spacial score (nSPS) is 11.2. The maximum absolute atomic E-state index is 6.82. The Bertz CT molecular complexity index is 676. The summed E-state index contributed by atoms with van der Waals surface area (Å²) in [4.78, 5) is 0. The van der Waals surface area contributed by atoms with Gasteiger partial charge in [-0.15, -0.1) is 0 Å². The molecule has 1 N–H and O–H groups in total. The summed E-state index contributed by atoms with van der Waals surface area (Å²) in [6, 6.07) is 20.2. The smallest absolute Gasteiger partial charge is 0.0250 e. The molecule has 2 rings (SSSR count). The van der Waals surface area contributed by atoms with E-state index in [9.17, 15) is 0 Å². The van der Waals surface area contributed by atoms with Gasteiger partial charge in [-0.2, -0.15) is 35.4 Å². The number of rotatable bonds is 9. The first-order valence-corrected chi connectivity index (χ1v) is 14.6. The molecule has 0 amide bonds. The minimum atomic E-state index is 0. The van der Waals surface area contributed by atoms with E-state index in [2.05, 4.69) is 79.7 Å². The molecular formula is C27H42NP2Rh-. The second-order valence-electron chi connectivity index (χ2n) is 8.98. The van der Waals surface area contributed by atoms with Gasteiger partial charge in [0, 0.05) is 25.7 Å². The number of nitrogens with one attached hydrogen (secondary N) is 1. The SMILES string of the molecule is CC(C)P(Cc1[c-]c(CP(C(C)C)C(C)C)ccc1)C(C)C.N=Cc1ccccc1.[Rh]. The summed E-state index contributed by atoms with van der Waals surface area (Å²) in [7, 11) is 0.123. The van der Waals surface area contributed by atoms with E-state index in [0.29, 0.717) is 0 Å². The monoisotopic (exact) mass is 545 g/mol. The fraction of sp³-hybridized carbons (Fsp3) is 0.519. The van der Waals surface area contributed by atoms with Crippen molar-refractivity contribution >= 4 is 22.1 Å². The van der Waals surface area contributed by atoms with Gasteiger partial charge in [-0.25, -0.2) is 0 Å². The summed E-state index contributed by atoms with van der Waals surface area (Å²) in [6.45, 7) is 19.1. The van der Waals surface area contributed by atoms with Crippen LogP contribution in [-0.4, -0.2) is 28.9 Å². The molecule has 0 bridgehead atoms. The van der Waals surface area contributed by atoms with Gasteiger partial charge in [-0.1, -0.05) is 102 Å². The molecule has 0 heterocycles. The molecule has 175 valence electrons. The molecule has 0 unspecified atom stereocenters. The van der Waals surface area contributed by atoms with E-state index in [0.717, 1.165) is 28.2 Å². The molecular weight excluding hydrogens is 503 g/mol. The minimum Gasteiger partial charge on any atom is -0.308 e. The van der Waals surface area contributed by atoms with Crippen LogP contribution in [0.2, 0.25) is 0 Å². The summed E-state index contributed by atoms with van der Waals surface area (Å²) in [5.74, 6) is 0. The summed E-state index contributed by atoms with van der Waals surface area (Å²) in [5, 5.41) is 6.82. The number of hydrogen-bond donors (Lipinski definition) is 1. The van der Waals surface area contributed by atoms with E-state index in [1.807, 2.05) is 30.3 Å². The third-order valence-electron chi connectivity index (χ3n) is 5.24. The Morgan fingerprint density at radius 1 is 0.677 bits per heavy atom. The summed E-state index contributed by atoms with van der Waals surface area (Å²) >= 11 is 0. The van der Waals surface area contributed by atoms with Gasteiger partial charge in [0.2, 0.25) is 0 Å². The van der Waals surface area contributed by atoms with Crippen LogP contribution in [-0.2, 0) is 31.8 Å². The third kappa shape index (κ3) is 11.9. The van der Waals surface area contributed by atoms with Gasteiger partial charge in [0.05, 0.1) is 0 Å². The standard InChI is InChI=1S/C20H35P2.C7H7N.Rh/c1-15(2)21(16(3)4)13-19-10-9-11-20(12-19)14-22(17(5)6)18(7)8;8-6-7-4-2-1-3-5-7;/h9-11,15-18H,13-14H2,1-8H3;1-6,8H;/q-1;;. The van der Waals surface area contributed by atoms with Crippen LogP contribution in [0.3, 0.4) is 0 Å². The molecule has 31 heavy (non-hydrogen) atoms. The van der Waals surface area contributed by atoms with Crippen LogP contribution in [0.15, 0.2) is 48.5 Å². The van der Waals surface area contributed by atoms with Gasteiger partial charge in [0.15, 0.2) is 0 Å². The predicted molar refractivity (Wildman–Crippen MR) is 141 cm³/mol. The Labute approximate surface area is 208 Å². The van der Waals surface area contributed by atoms with Gasteiger partial charge < -0.3 is 5.41 Å².